The SMILES string of the molecule is CCN(CC)CCSc1nnc2c(n1)[nH]c1ccccc12.[HH]. The summed E-state index contributed by atoms with van der Waals surface area (Å²) in [6.45, 7) is 7.58. The van der Waals surface area contributed by atoms with E-state index in [4.69, 9.17) is 0 Å². The zero-order valence-corrected chi connectivity index (χ0v) is 13.2. The standard InChI is InChI=1S/C15H19N5S.H2/c1-3-20(4-2)9-10-21-15-17-14-13(18-19-15)11-7-5-6-8-12(11)16-14;/h5-8H,3-4,9-10H2,1-2H3,(H,16,17,19);1H. The quantitative estimate of drug-likeness (QED) is 0.709. The number of aromatic nitrogens is 4. The van der Waals surface area contributed by atoms with Crippen LogP contribution in [-0.4, -0.2) is 50.5 Å². The summed E-state index contributed by atoms with van der Waals surface area (Å²) < 4.78 is 0. The van der Waals surface area contributed by atoms with E-state index in [1.807, 2.05) is 24.3 Å². The number of hydrogen-bond donors (Lipinski definition) is 1. The van der Waals surface area contributed by atoms with E-state index in [9.17, 15) is 0 Å². The Labute approximate surface area is 129 Å². The smallest absolute Gasteiger partial charge is 0.211 e. The number of nitrogens with zero attached hydrogens (tertiary/aromatic N) is 4. The van der Waals surface area contributed by atoms with E-state index < -0.39 is 0 Å². The first-order chi connectivity index (χ1) is 10.3. The Bertz CT molecular complexity index is 741. The van der Waals surface area contributed by atoms with E-state index in [-0.39, 0.29) is 1.43 Å². The predicted octanol–water partition coefficient (Wildman–Crippen LogP) is 3.19. The lowest BCUT2D eigenvalue weighted by Crippen LogP contribution is -2.25. The van der Waals surface area contributed by atoms with Crippen molar-refractivity contribution >= 4 is 33.8 Å². The number of nitrogens with one attached hydrogen (secondary N) is 1. The van der Waals surface area contributed by atoms with Gasteiger partial charge in [-0.25, -0.2) is 4.98 Å². The van der Waals surface area contributed by atoms with Gasteiger partial charge in [-0.05, 0) is 19.2 Å². The van der Waals surface area contributed by atoms with E-state index in [2.05, 4.69) is 38.9 Å². The highest BCUT2D eigenvalue weighted by Crippen LogP contribution is 2.23. The first-order valence-corrected chi connectivity index (χ1v) is 8.26. The van der Waals surface area contributed by atoms with Crippen molar-refractivity contribution < 1.29 is 1.43 Å². The summed E-state index contributed by atoms with van der Waals surface area (Å²) in [6.07, 6.45) is 0. The van der Waals surface area contributed by atoms with Gasteiger partial charge in [-0.15, -0.1) is 10.2 Å². The molecule has 21 heavy (non-hydrogen) atoms. The Kier molecular flexibility index (Phi) is 4.36. The first kappa shape index (κ1) is 14.3. The molecule has 0 fully saturated rings. The molecule has 5 nitrogen and oxygen atoms in total. The first-order valence-electron chi connectivity index (χ1n) is 7.28. The van der Waals surface area contributed by atoms with Crippen LogP contribution in [0.25, 0.3) is 22.1 Å². The molecule has 0 atom stereocenters. The lowest BCUT2D eigenvalue weighted by Gasteiger charge is -2.16. The van der Waals surface area contributed by atoms with Crippen molar-refractivity contribution in [1.29, 1.82) is 0 Å². The fraction of sp³-hybridized carbons (Fsp3) is 0.400. The summed E-state index contributed by atoms with van der Waals surface area (Å²) in [5.74, 6) is 0.981. The molecule has 0 aliphatic carbocycles. The zero-order valence-electron chi connectivity index (χ0n) is 12.3. The van der Waals surface area contributed by atoms with Crippen molar-refractivity contribution in [2.45, 2.75) is 19.0 Å². The number of rotatable bonds is 6. The minimum atomic E-state index is 0. The fourth-order valence-electron chi connectivity index (χ4n) is 2.37. The Morgan fingerprint density at radius 2 is 2.00 bits per heavy atom. The number of benzene rings is 1. The van der Waals surface area contributed by atoms with Crippen LogP contribution < -0.4 is 0 Å². The van der Waals surface area contributed by atoms with Crippen LogP contribution in [0.4, 0.5) is 0 Å². The molecule has 6 heteroatoms. The van der Waals surface area contributed by atoms with E-state index in [1.165, 1.54) is 0 Å². The molecule has 0 bridgehead atoms. The molecule has 3 rings (SSSR count). The number of para-hydroxylation sites is 1. The Hall–Kier alpha value is -1.66. The molecule has 1 aromatic carbocycles. The van der Waals surface area contributed by atoms with Crippen LogP contribution in [0.1, 0.15) is 15.3 Å². The molecule has 0 radical (unpaired) electrons. The Morgan fingerprint density at radius 1 is 1.19 bits per heavy atom. The molecule has 0 aliphatic heterocycles. The van der Waals surface area contributed by atoms with E-state index in [0.29, 0.717) is 0 Å². The third-order valence-electron chi connectivity index (χ3n) is 3.64. The van der Waals surface area contributed by atoms with Crippen LogP contribution in [0.15, 0.2) is 29.4 Å². The number of fused-ring (bicyclic) bond motifs is 3. The molecule has 0 aliphatic rings. The predicted molar refractivity (Wildman–Crippen MR) is 89.8 cm³/mol. The van der Waals surface area contributed by atoms with Crippen molar-refractivity contribution in [3.05, 3.63) is 24.3 Å². The second-order valence-electron chi connectivity index (χ2n) is 4.84. The van der Waals surface area contributed by atoms with Gasteiger partial charge in [0.05, 0.1) is 0 Å². The third kappa shape index (κ3) is 3.01. The molecule has 1 N–H and O–H groups in total. The van der Waals surface area contributed by atoms with Gasteiger partial charge in [0.25, 0.3) is 0 Å². The van der Waals surface area contributed by atoms with Crippen molar-refractivity contribution in [3.63, 3.8) is 0 Å². The van der Waals surface area contributed by atoms with Gasteiger partial charge in [-0.1, -0.05) is 43.8 Å². The Morgan fingerprint density at radius 3 is 2.81 bits per heavy atom. The lowest BCUT2D eigenvalue weighted by molar-refractivity contribution is 0.324. The van der Waals surface area contributed by atoms with Gasteiger partial charge in [0, 0.05) is 24.6 Å². The molecule has 0 saturated heterocycles. The molecular weight excluding hydrogens is 282 g/mol. The monoisotopic (exact) mass is 303 g/mol. The molecule has 0 saturated carbocycles. The lowest BCUT2D eigenvalue weighted by atomic mass is 10.2. The molecular formula is C15H21N5S. The average Bonchev–Trinajstić information content (AvgIpc) is 2.89. The number of thioether (sulfide) groups is 1. The Balaban J connectivity index is 0.00000176. The summed E-state index contributed by atoms with van der Waals surface area (Å²) >= 11 is 1.66. The summed E-state index contributed by atoms with van der Waals surface area (Å²) in [4.78, 5) is 10.3. The van der Waals surface area contributed by atoms with Crippen LogP contribution in [0.2, 0.25) is 0 Å². The number of aromatic amines is 1. The number of hydrogen-bond acceptors (Lipinski definition) is 5. The van der Waals surface area contributed by atoms with Gasteiger partial charge in [-0.3, -0.25) is 0 Å². The van der Waals surface area contributed by atoms with Crippen molar-refractivity contribution in [1.82, 2.24) is 25.1 Å². The fourth-order valence-corrected chi connectivity index (χ4v) is 3.16. The summed E-state index contributed by atoms with van der Waals surface area (Å²) in [7, 11) is 0. The molecule has 0 amide bonds. The minimum absolute atomic E-state index is 0. The highest BCUT2D eigenvalue weighted by molar-refractivity contribution is 7.99. The van der Waals surface area contributed by atoms with E-state index >= 15 is 0 Å². The second-order valence-corrected chi connectivity index (χ2v) is 5.90. The third-order valence-corrected chi connectivity index (χ3v) is 4.45. The highest BCUT2D eigenvalue weighted by Gasteiger charge is 2.09. The summed E-state index contributed by atoms with van der Waals surface area (Å²) in [5.41, 5.74) is 2.72. The largest absolute Gasteiger partial charge is 0.338 e. The summed E-state index contributed by atoms with van der Waals surface area (Å²) in [6, 6.07) is 8.08. The van der Waals surface area contributed by atoms with Gasteiger partial charge < -0.3 is 9.88 Å². The maximum absolute atomic E-state index is 4.58. The number of H-pyrrole nitrogens is 1. The van der Waals surface area contributed by atoms with Gasteiger partial charge >= 0.3 is 0 Å². The van der Waals surface area contributed by atoms with Crippen molar-refractivity contribution in [3.8, 4) is 0 Å². The van der Waals surface area contributed by atoms with Gasteiger partial charge in [0.1, 0.15) is 5.52 Å². The zero-order chi connectivity index (χ0) is 14.7. The second kappa shape index (κ2) is 6.41. The van der Waals surface area contributed by atoms with Crippen molar-refractivity contribution in [2.24, 2.45) is 0 Å². The van der Waals surface area contributed by atoms with Crippen LogP contribution in [0.5, 0.6) is 0 Å². The maximum Gasteiger partial charge on any atom is 0.211 e. The molecule has 3 aromatic rings. The normalized spacial score (nSPS) is 11.8. The average molecular weight is 303 g/mol. The van der Waals surface area contributed by atoms with Gasteiger partial charge in [0.2, 0.25) is 5.16 Å². The minimum Gasteiger partial charge on any atom is -0.338 e. The molecule has 112 valence electrons. The maximum atomic E-state index is 4.58. The summed E-state index contributed by atoms with van der Waals surface area (Å²) in [5, 5.41) is 10.4. The molecule has 2 heterocycles. The highest BCUT2D eigenvalue weighted by atomic mass is 32.2. The van der Waals surface area contributed by atoms with Crippen molar-refractivity contribution in [2.75, 3.05) is 25.4 Å². The topological polar surface area (TPSA) is 57.7 Å². The van der Waals surface area contributed by atoms with Gasteiger partial charge in [-0.2, -0.15) is 0 Å². The van der Waals surface area contributed by atoms with Crippen LogP contribution in [-0.2, 0) is 0 Å². The van der Waals surface area contributed by atoms with E-state index in [1.54, 1.807) is 11.8 Å². The van der Waals surface area contributed by atoms with Crippen LogP contribution >= 0.6 is 11.8 Å². The molecule has 0 spiro atoms. The van der Waals surface area contributed by atoms with Gasteiger partial charge in [0.15, 0.2) is 5.65 Å². The molecule has 2 aromatic heterocycles. The van der Waals surface area contributed by atoms with E-state index in [0.717, 1.165) is 52.6 Å². The van der Waals surface area contributed by atoms with Crippen LogP contribution in [0.3, 0.4) is 0 Å². The molecule has 0 unspecified atom stereocenters. The van der Waals surface area contributed by atoms with Crippen LogP contribution in [0, 0.1) is 0 Å².